The van der Waals surface area contributed by atoms with Crippen molar-refractivity contribution in [1.29, 1.82) is 5.26 Å². The molecule has 6 heteroatoms. The number of nitriles is 1. The smallest absolute Gasteiger partial charge is 0.264 e. The fourth-order valence-electron chi connectivity index (χ4n) is 5.16. The van der Waals surface area contributed by atoms with Gasteiger partial charge >= 0.3 is 0 Å². The minimum Gasteiger partial charge on any atom is -0.493 e. The number of hydrogen-bond donors (Lipinski definition) is 0. The van der Waals surface area contributed by atoms with Crippen molar-refractivity contribution in [3.8, 4) is 17.6 Å². The van der Waals surface area contributed by atoms with E-state index < -0.39 is 0 Å². The lowest BCUT2D eigenvalue weighted by Crippen LogP contribution is -2.49. The molecule has 0 aromatic heterocycles. The predicted octanol–water partition coefficient (Wildman–Crippen LogP) is 6.41. The first-order chi connectivity index (χ1) is 20.1. The van der Waals surface area contributed by atoms with Gasteiger partial charge in [-0.2, -0.15) is 5.26 Å². The molecule has 0 spiro atoms. The van der Waals surface area contributed by atoms with Crippen LogP contribution in [0.15, 0.2) is 103 Å². The van der Waals surface area contributed by atoms with Crippen molar-refractivity contribution in [2.24, 2.45) is 0 Å². The molecule has 0 saturated carbocycles. The van der Waals surface area contributed by atoms with Gasteiger partial charge in [-0.05, 0) is 64.7 Å². The number of anilines is 1. The van der Waals surface area contributed by atoms with Crippen LogP contribution < -0.4 is 14.4 Å². The first-order valence-corrected chi connectivity index (χ1v) is 13.7. The molecule has 1 saturated heterocycles. The number of methoxy groups -OCH3 is 1. The summed E-state index contributed by atoms with van der Waals surface area (Å²) in [7, 11) is 1.59. The average Bonchev–Trinajstić information content (AvgIpc) is 3.03. The number of amides is 1. The molecule has 1 aliphatic heterocycles. The van der Waals surface area contributed by atoms with Gasteiger partial charge in [0.1, 0.15) is 18.2 Å². The van der Waals surface area contributed by atoms with Crippen LogP contribution in [-0.4, -0.2) is 44.1 Å². The first-order valence-electron chi connectivity index (χ1n) is 13.7. The lowest BCUT2D eigenvalue weighted by Gasteiger charge is -2.36. The highest BCUT2D eigenvalue weighted by Crippen LogP contribution is 2.35. The van der Waals surface area contributed by atoms with Gasteiger partial charge in [0.25, 0.3) is 5.91 Å². The number of nitrogens with zero attached hydrogens (tertiary/aromatic N) is 3. The van der Waals surface area contributed by atoms with Crippen LogP contribution in [0.2, 0.25) is 0 Å². The largest absolute Gasteiger partial charge is 0.493 e. The van der Waals surface area contributed by atoms with Gasteiger partial charge in [-0.3, -0.25) is 4.79 Å². The molecule has 0 bridgehead atoms. The Kier molecular flexibility index (Phi) is 8.66. The van der Waals surface area contributed by atoms with Crippen LogP contribution in [0.25, 0.3) is 16.8 Å². The van der Waals surface area contributed by atoms with Crippen LogP contribution in [0.5, 0.6) is 11.5 Å². The summed E-state index contributed by atoms with van der Waals surface area (Å²) in [5, 5.41) is 12.2. The van der Waals surface area contributed by atoms with Crippen molar-refractivity contribution in [3.63, 3.8) is 0 Å². The van der Waals surface area contributed by atoms with Crippen LogP contribution in [0, 0.1) is 11.3 Å². The van der Waals surface area contributed by atoms with Crippen LogP contribution in [0.4, 0.5) is 5.69 Å². The van der Waals surface area contributed by atoms with E-state index in [0.717, 1.165) is 35.3 Å². The van der Waals surface area contributed by atoms with Crippen LogP contribution in [0.3, 0.4) is 0 Å². The molecule has 0 N–H and O–H groups in total. The molecule has 1 heterocycles. The van der Waals surface area contributed by atoms with Crippen LogP contribution in [0.1, 0.15) is 16.7 Å². The lowest BCUT2D eigenvalue weighted by atomic mass is 10.0. The number of allylic oxidation sites excluding steroid dienone is 1. The van der Waals surface area contributed by atoms with E-state index in [1.165, 1.54) is 5.39 Å². The number of rotatable bonds is 9. The number of ether oxygens (including phenoxy) is 2. The molecule has 206 valence electrons. The molecule has 41 heavy (non-hydrogen) atoms. The van der Waals surface area contributed by atoms with E-state index in [4.69, 9.17) is 9.47 Å². The number of carbonyl (C=O) groups is 1. The standard InChI is InChI=1S/C35H33N3O3/c1-3-9-30-21-27(22-31(24-36)35(39)38-18-16-37(17-19-38)32-12-5-4-6-13-32)23-33(40-2)34(30)41-25-26-14-15-28-10-7-8-11-29(28)20-26/h3-8,10-15,20-23H,1,9,16-19,25H2,2H3/b31-22-. The van der Waals surface area contributed by atoms with Crippen molar-refractivity contribution in [1.82, 2.24) is 4.90 Å². The Morgan fingerprint density at radius 1 is 0.951 bits per heavy atom. The zero-order chi connectivity index (χ0) is 28.6. The monoisotopic (exact) mass is 543 g/mol. The van der Waals surface area contributed by atoms with E-state index >= 15 is 0 Å². The second-order valence-corrected chi connectivity index (χ2v) is 9.96. The Bertz CT molecular complexity index is 1610. The highest BCUT2D eigenvalue weighted by atomic mass is 16.5. The minimum atomic E-state index is -0.263. The topological polar surface area (TPSA) is 65.8 Å². The van der Waals surface area contributed by atoms with Gasteiger partial charge in [-0.1, -0.05) is 60.7 Å². The normalized spacial score (nSPS) is 13.5. The third-order valence-corrected chi connectivity index (χ3v) is 7.29. The number of hydrogen-bond acceptors (Lipinski definition) is 5. The molecule has 4 aromatic carbocycles. The molecule has 1 amide bonds. The lowest BCUT2D eigenvalue weighted by molar-refractivity contribution is -0.126. The van der Waals surface area contributed by atoms with Gasteiger partial charge < -0.3 is 19.3 Å². The number of para-hydroxylation sites is 1. The van der Waals surface area contributed by atoms with E-state index in [2.05, 4.69) is 60.0 Å². The molecule has 6 nitrogen and oxygen atoms in total. The van der Waals surface area contributed by atoms with Gasteiger partial charge in [0, 0.05) is 37.4 Å². The Morgan fingerprint density at radius 3 is 2.39 bits per heavy atom. The second-order valence-electron chi connectivity index (χ2n) is 9.96. The van der Waals surface area contributed by atoms with E-state index in [9.17, 15) is 10.1 Å². The summed E-state index contributed by atoms with van der Waals surface area (Å²) in [4.78, 5) is 17.3. The van der Waals surface area contributed by atoms with Crippen molar-refractivity contribution in [2.45, 2.75) is 13.0 Å². The summed E-state index contributed by atoms with van der Waals surface area (Å²) < 4.78 is 12.0. The third-order valence-electron chi connectivity index (χ3n) is 7.29. The van der Waals surface area contributed by atoms with Crippen molar-refractivity contribution < 1.29 is 14.3 Å². The van der Waals surface area contributed by atoms with Crippen molar-refractivity contribution in [3.05, 3.63) is 120 Å². The molecule has 0 radical (unpaired) electrons. The number of carbonyl (C=O) groups excluding carboxylic acids is 1. The summed E-state index contributed by atoms with van der Waals surface area (Å²) in [5.41, 5.74) is 3.84. The van der Waals surface area contributed by atoms with E-state index in [0.29, 0.717) is 43.2 Å². The van der Waals surface area contributed by atoms with Crippen molar-refractivity contribution in [2.75, 3.05) is 38.2 Å². The average molecular weight is 544 g/mol. The number of benzene rings is 4. The molecular weight excluding hydrogens is 510 g/mol. The molecule has 4 aromatic rings. The Morgan fingerprint density at radius 2 is 1.68 bits per heavy atom. The summed E-state index contributed by atoms with van der Waals surface area (Å²) in [6.45, 7) is 6.82. The van der Waals surface area contributed by atoms with Gasteiger partial charge in [0.2, 0.25) is 0 Å². The zero-order valence-corrected chi connectivity index (χ0v) is 23.3. The van der Waals surface area contributed by atoms with Crippen LogP contribution in [-0.2, 0) is 17.8 Å². The summed E-state index contributed by atoms with van der Waals surface area (Å²) >= 11 is 0. The molecule has 0 aliphatic carbocycles. The predicted molar refractivity (Wildman–Crippen MR) is 164 cm³/mol. The van der Waals surface area contributed by atoms with Crippen molar-refractivity contribution >= 4 is 28.4 Å². The Balaban J connectivity index is 1.34. The quantitative estimate of drug-likeness (QED) is 0.139. The highest BCUT2D eigenvalue weighted by Gasteiger charge is 2.24. The van der Waals surface area contributed by atoms with Gasteiger partial charge in [-0.15, -0.1) is 6.58 Å². The first kappa shape index (κ1) is 27.5. The van der Waals surface area contributed by atoms with Gasteiger partial charge in [0.05, 0.1) is 7.11 Å². The number of piperazine rings is 1. The van der Waals surface area contributed by atoms with E-state index in [1.807, 2.05) is 36.4 Å². The summed E-state index contributed by atoms with van der Waals surface area (Å²) in [6.07, 6.45) is 3.98. The molecule has 0 unspecified atom stereocenters. The molecule has 1 aliphatic rings. The maximum absolute atomic E-state index is 13.3. The molecular formula is C35H33N3O3. The summed E-state index contributed by atoms with van der Waals surface area (Å²) in [6, 6.07) is 30.5. The van der Waals surface area contributed by atoms with Gasteiger partial charge in [0.15, 0.2) is 11.5 Å². The van der Waals surface area contributed by atoms with E-state index in [-0.39, 0.29) is 11.5 Å². The molecule has 5 rings (SSSR count). The Hall–Kier alpha value is -5.02. The van der Waals surface area contributed by atoms with Crippen LogP contribution >= 0.6 is 0 Å². The fraction of sp³-hybridized carbons (Fsp3) is 0.200. The molecule has 0 atom stereocenters. The molecule has 1 fully saturated rings. The zero-order valence-electron chi connectivity index (χ0n) is 23.3. The van der Waals surface area contributed by atoms with E-state index in [1.54, 1.807) is 30.2 Å². The number of fused-ring (bicyclic) bond motifs is 1. The summed E-state index contributed by atoms with van der Waals surface area (Å²) in [5.74, 6) is 0.901. The maximum Gasteiger partial charge on any atom is 0.264 e. The fourth-order valence-corrected chi connectivity index (χ4v) is 5.16. The minimum absolute atomic E-state index is 0.0922. The van der Waals surface area contributed by atoms with Gasteiger partial charge in [-0.25, -0.2) is 0 Å². The second kappa shape index (κ2) is 12.9. The third kappa shape index (κ3) is 6.42. The SMILES string of the molecule is C=CCc1cc(/C=C(/C#N)C(=O)N2CCN(c3ccccc3)CC2)cc(OC)c1OCc1ccc2ccccc2c1. The Labute approximate surface area is 241 Å². The maximum atomic E-state index is 13.3. The highest BCUT2D eigenvalue weighted by molar-refractivity contribution is 6.02.